The SMILES string of the molecule is CCCNC(=O)[C@H](CC)N(Cc1cccc(C)c1)C(=O)COc1ccc(Cl)c(C)c1. The minimum atomic E-state index is -0.555. The van der Waals surface area contributed by atoms with E-state index >= 15 is 0 Å². The first-order valence-electron chi connectivity index (χ1n) is 10.4. The van der Waals surface area contributed by atoms with E-state index in [1.54, 1.807) is 23.1 Å². The molecule has 2 rings (SSSR count). The highest BCUT2D eigenvalue weighted by atomic mass is 35.5. The molecular formula is C24H31ClN2O3. The lowest BCUT2D eigenvalue weighted by atomic mass is 10.1. The average molecular weight is 431 g/mol. The third-order valence-electron chi connectivity index (χ3n) is 4.86. The van der Waals surface area contributed by atoms with E-state index in [4.69, 9.17) is 16.3 Å². The molecular weight excluding hydrogens is 400 g/mol. The van der Waals surface area contributed by atoms with Crippen molar-refractivity contribution in [3.8, 4) is 5.75 Å². The zero-order valence-corrected chi connectivity index (χ0v) is 19.0. The van der Waals surface area contributed by atoms with Gasteiger partial charge in [-0.25, -0.2) is 0 Å². The minimum Gasteiger partial charge on any atom is -0.484 e. The Labute approximate surface area is 184 Å². The Bertz CT molecular complexity index is 869. The van der Waals surface area contributed by atoms with Gasteiger partial charge in [0.2, 0.25) is 5.91 Å². The molecule has 0 aliphatic heterocycles. The zero-order chi connectivity index (χ0) is 22.1. The Balaban J connectivity index is 2.20. The number of aryl methyl sites for hydroxylation is 2. The van der Waals surface area contributed by atoms with Gasteiger partial charge in [-0.2, -0.15) is 0 Å². The van der Waals surface area contributed by atoms with E-state index in [2.05, 4.69) is 5.32 Å². The Kier molecular flexibility index (Phi) is 9.18. The van der Waals surface area contributed by atoms with Crippen LogP contribution in [0.25, 0.3) is 0 Å². The van der Waals surface area contributed by atoms with Crippen LogP contribution in [0.4, 0.5) is 0 Å². The van der Waals surface area contributed by atoms with E-state index in [0.29, 0.717) is 30.3 Å². The van der Waals surface area contributed by atoms with Gasteiger partial charge in [0.25, 0.3) is 5.91 Å². The van der Waals surface area contributed by atoms with Crippen LogP contribution in [0.5, 0.6) is 5.75 Å². The molecule has 0 saturated carbocycles. The van der Waals surface area contributed by atoms with Crippen LogP contribution in [0.15, 0.2) is 42.5 Å². The number of carbonyl (C=O) groups is 2. The average Bonchev–Trinajstić information content (AvgIpc) is 2.72. The molecule has 0 radical (unpaired) electrons. The van der Waals surface area contributed by atoms with Gasteiger partial charge in [-0.3, -0.25) is 9.59 Å². The second-order valence-corrected chi connectivity index (χ2v) is 7.83. The zero-order valence-electron chi connectivity index (χ0n) is 18.2. The summed E-state index contributed by atoms with van der Waals surface area (Å²) in [5.41, 5.74) is 2.97. The number of rotatable bonds is 10. The summed E-state index contributed by atoms with van der Waals surface area (Å²) < 4.78 is 5.72. The van der Waals surface area contributed by atoms with Crippen molar-refractivity contribution in [2.75, 3.05) is 13.2 Å². The molecule has 1 N–H and O–H groups in total. The molecule has 1 atom stereocenters. The van der Waals surface area contributed by atoms with Crippen LogP contribution in [0.3, 0.4) is 0 Å². The number of ether oxygens (including phenoxy) is 1. The van der Waals surface area contributed by atoms with Gasteiger partial charge in [0.15, 0.2) is 6.61 Å². The van der Waals surface area contributed by atoms with Crippen molar-refractivity contribution in [3.63, 3.8) is 0 Å². The molecule has 0 aromatic heterocycles. The predicted octanol–water partition coefficient (Wildman–Crippen LogP) is 4.67. The number of nitrogens with zero attached hydrogens (tertiary/aromatic N) is 1. The molecule has 0 bridgehead atoms. The second kappa shape index (κ2) is 11.6. The van der Waals surface area contributed by atoms with Gasteiger partial charge in [-0.1, -0.05) is 55.3 Å². The first-order chi connectivity index (χ1) is 14.3. The highest BCUT2D eigenvalue weighted by molar-refractivity contribution is 6.31. The maximum atomic E-state index is 13.1. The molecule has 0 fully saturated rings. The fourth-order valence-electron chi connectivity index (χ4n) is 3.23. The summed E-state index contributed by atoms with van der Waals surface area (Å²) in [5, 5.41) is 3.56. The van der Waals surface area contributed by atoms with Gasteiger partial charge in [0.1, 0.15) is 11.8 Å². The van der Waals surface area contributed by atoms with Crippen molar-refractivity contribution in [1.82, 2.24) is 10.2 Å². The molecule has 0 aliphatic carbocycles. The molecule has 0 unspecified atom stereocenters. The number of nitrogens with one attached hydrogen (secondary N) is 1. The van der Waals surface area contributed by atoms with Crippen molar-refractivity contribution < 1.29 is 14.3 Å². The van der Waals surface area contributed by atoms with E-state index in [1.807, 2.05) is 52.0 Å². The van der Waals surface area contributed by atoms with Gasteiger partial charge in [0, 0.05) is 18.1 Å². The number of benzene rings is 2. The maximum Gasteiger partial charge on any atom is 0.261 e. The van der Waals surface area contributed by atoms with Gasteiger partial charge < -0.3 is 15.0 Å². The number of halogens is 1. The minimum absolute atomic E-state index is 0.136. The van der Waals surface area contributed by atoms with Crippen molar-refractivity contribution >= 4 is 23.4 Å². The molecule has 2 aromatic rings. The molecule has 0 saturated heterocycles. The summed E-state index contributed by atoms with van der Waals surface area (Å²) in [6, 6.07) is 12.7. The summed E-state index contributed by atoms with van der Waals surface area (Å²) in [5.74, 6) is 0.203. The number of hydrogen-bond donors (Lipinski definition) is 1. The number of carbonyl (C=O) groups excluding carboxylic acids is 2. The van der Waals surface area contributed by atoms with Crippen LogP contribution >= 0.6 is 11.6 Å². The summed E-state index contributed by atoms with van der Waals surface area (Å²) >= 11 is 6.06. The van der Waals surface area contributed by atoms with Gasteiger partial charge in [-0.15, -0.1) is 0 Å². The van der Waals surface area contributed by atoms with Crippen LogP contribution in [0.2, 0.25) is 5.02 Å². The lowest BCUT2D eigenvalue weighted by molar-refractivity contribution is -0.143. The van der Waals surface area contributed by atoms with Crippen LogP contribution < -0.4 is 10.1 Å². The Morgan fingerprint density at radius 3 is 2.53 bits per heavy atom. The third-order valence-corrected chi connectivity index (χ3v) is 5.29. The fraction of sp³-hybridized carbons (Fsp3) is 0.417. The van der Waals surface area contributed by atoms with E-state index in [1.165, 1.54) is 0 Å². The molecule has 5 nitrogen and oxygen atoms in total. The molecule has 2 aromatic carbocycles. The van der Waals surface area contributed by atoms with Crippen molar-refractivity contribution in [2.24, 2.45) is 0 Å². The lowest BCUT2D eigenvalue weighted by Gasteiger charge is -2.30. The van der Waals surface area contributed by atoms with Crippen LogP contribution in [0, 0.1) is 13.8 Å². The maximum absolute atomic E-state index is 13.1. The third kappa shape index (κ3) is 6.77. The smallest absolute Gasteiger partial charge is 0.261 e. The monoisotopic (exact) mass is 430 g/mol. The molecule has 162 valence electrons. The molecule has 2 amide bonds. The predicted molar refractivity (Wildman–Crippen MR) is 121 cm³/mol. The number of hydrogen-bond acceptors (Lipinski definition) is 3. The largest absolute Gasteiger partial charge is 0.484 e. The first-order valence-corrected chi connectivity index (χ1v) is 10.7. The molecule has 0 aliphatic rings. The summed E-state index contributed by atoms with van der Waals surface area (Å²) in [4.78, 5) is 27.5. The Morgan fingerprint density at radius 1 is 1.13 bits per heavy atom. The van der Waals surface area contributed by atoms with Gasteiger partial charge in [-0.05, 0) is 56.0 Å². The van der Waals surface area contributed by atoms with Gasteiger partial charge in [0.05, 0.1) is 0 Å². The summed E-state index contributed by atoms with van der Waals surface area (Å²) in [6.45, 7) is 8.59. The van der Waals surface area contributed by atoms with Crippen LogP contribution in [0.1, 0.15) is 43.4 Å². The standard InChI is InChI=1S/C24H31ClN2O3/c1-5-12-26-24(29)22(6-2)27(15-19-9-7-8-17(3)13-19)23(28)16-30-20-10-11-21(25)18(4)14-20/h7-11,13-14,22H,5-6,12,15-16H2,1-4H3,(H,26,29)/t22-/m0/s1. The number of amides is 2. The Morgan fingerprint density at radius 2 is 1.90 bits per heavy atom. The van der Waals surface area contributed by atoms with Crippen molar-refractivity contribution in [2.45, 2.75) is 53.1 Å². The van der Waals surface area contributed by atoms with Crippen molar-refractivity contribution in [3.05, 3.63) is 64.2 Å². The topological polar surface area (TPSA) is 58.6 Å². The molecule has 0 spiro atoms. The second-order valence-electron chi connectivity index (χ2n) is 7.43. The summed E-state index contributed by atoms with van der Waals surface area (Å²) in [7, 11) is 0. The molecule has 0 heterocycles. The van der Waals surface area contributed by atoms with E-state index in [0.717, 1.165) is 23.1 Å². The van der Waals surface area contributed by atoms with Crippen LogP contribution in [-0.4, -0.2) is 35.9 Å². The van der Waals surface area contributed by atoms with E-state index < -0.39 is 6.04 Å². The first kappa shape index (κ1) is 23.7. The van der Waals surface area contributed by atoms with E-state index in [9.17, 15) is 9.59 Å². The Hall–Kier alpha value is -2.53. The van der Waals surface area contributed by atoms with Crippen LogP contribution in [-0.2, 0) is 16.1 Å². The highest BCUT2D eigenvalue weighted by Gasteiger charge is 2.28. The molecule has 6 heteroatoms. The lowest BCUT2D eigenvalue weighted by Crippen LogP contribution is -2.50. The summed E-state index contributed by atoms with van der Waals surface area (Å²) in [6.07, 6.45) is 1.36. The highest BCUT2D eigenvalue weighted by Crippen LogP contribution is 2.21. The van der Waals surface area contributed by atoms with Crippen molar-refractivity contribution in [1.29, 1.82) is 0 Å². The quantitative estimate of drug-likeness (QED) is 0.595. The normalized spacial score (nSPS) is 11.6. The van der Waals surface area contributed by atoms with E-state index in [-0.39, 0.29) is 18.4 Å². The fourth-order valence-corrected chi connectivity index (χ4v) is 3.35. The molecule has 30 heavy (non-hydrogen) atoms. The van der Waals surface area contributed by atoms with Gasteiger partial charge >= 0.3 is 0 Å².